The largest absolute Gasteiger partial charge is 0.462 e. The van der Waals surface area contributed by atoms with Gasteiger partial charge in [0.1, 0.15) is 13.2 Å². The normalized spacial score (nSPS) is 13.1. The van der Waals surface area contributed by atoms with Gasteiger partial charge in [0.25, 0.3) is 0 Å². The first kappa shape index (κ1) is 70.5. The maximum absolute atomic E-state index is 12.9. The topological polar surface area (TPSA) is 78.9 Å². The highest BCUT2D eigenvalue weighted by Crippen LogP contribution is 2.15. The summed E-state index contributed by atoms with van der Waals surface area (Å²) in [5.41, 5.74) is 0. The van der Waals surface area contributed by atoms with E-state index < -0.39 is 6.10 Å². The van der Waals surface area contributed by atoms with Crippen molar-refractivity contribution in [2.24, 2.45) is 0 Å². The van der Waals surface area contributed by atoms with Crippen LogP contribution in [0.4, 0.5) is 0 Å². The van der Waals surface area contributed by atoms with Gasteiger partial charge in [-0.1, -0.05) is 251 Å². The highest BCUT2D eigenvalue weighted by Gasteiger charge is 2.19. The first-order valence-corrected chi connectivity index (χ1v) is 30.7. The number of unbranched alkanes of at least 4 members (excludes halogenated alkanes) is 21. The molecular formula is C69H112O6. The van der Waals surface area contributed by atoms with E-state index in [1.807, 2.05) is 0 Å². The number of rotatable bonds is 54. The zero-order chi connectivity index (χ0) is 54.3. The van der Waals surface area contributed by atoms with Crippen molar-refractivity contribution in [2.45, 2.75) is 271 Å². The number of esters is 3. The third-order valence-corrected chi connectivity index (χ3v) is 12.6. The van der Waals surface area contributed by atoms with Gasteiger partial charge in [0.2, 0.25) is 0 Å². The second-order valence-corrected chi connectivity index (χ2v) is 19.8. The number of ether oxygens (including phenoxy) is 3. The molecule has 0 saturated heterocycles. The van der Waals surface area contributed by atoms with E-state index >= 15 is 0 Å². The van der Waals surface area contributed by atoms with Crippen LogP contribution in [0.5, 0.6) is 0 Å². The van der Waals surface area contributed by atoms with E-state index in [-0.39, 0.29) is 44.0 Å². The predicted molar refractivity (Wildman–Crippen MR) is 325 cm³/mol. The first-order chi connectivity index (χ1) is 37.0. The lowest BCUT2D eigenvalue weighted by molar-refractivity contribution is -0.167. The molecule has 424 valence electrons. The molecule has 1 unspecified atom stereocenters. The minimum atomic E-state index is -0.831. The summed E-state index contributed by atoms with van der Waals surface area (Å²) in [5.74, 6) is -1.02. The number of carbonyl (C=O) groups excluding carboxylic acids is 3. The number of carbonyl (C=O) groups is 3. The molecule has 6 heteroatoms. The number of allylic oxidation sites excluding steroid dienone is 22. The van der Waals surface area contributed by atoms with E-state index in [0.717, 1.165) is 103 Å². The Balaban J connectivity index is 4.44. The fourth-order valence-electron chi connectivity index (χ4n) is 8.09. The summed E-state index contributed by atoms with van der Waals surface area (Å²) in [5, 5.41) is 0. The molecule has 0 N–H and O–H groups in total. The molecule has 0 aliphatic carbocycles. The fraction of sp³-hybridized carbons (Fsp3) is 0.638. The Morgan fingerprint density at radius 2 is 0.533 bits per heavy atom. The summed E-state index contributed by atoms with van der Waals surface area (Å²) in [6.07, 6.45) is 87.5. The van der Waals surface area contributed by atoms with Crippen LogP contribution in [0.15, 0.2) is 134 Å². The second-order valence-electron chi connectivity index (χ2n) is 19.8. The zero-order valence-corrected chi connectivity index (χ0v) is 48.5. The Morgan fingerprint density at radius 1 is 0.280 bits per heavy atom. The van der Waals surface area contributed by atoms with Gasteiger partial charge >= 0.3 is 17.9 Å². The van der Waals surface area contributed by atoms with Crippen LogP contribution in [-0.2, 0) is 28.6 Å². The molecule has 0 bridgehead atoms. The van der Waals surface area contributed by atoms with Gasteiger partial charge in [0, 0.05) is 19.3 Å². The minimum Gasteiger partial charge on any atom is -0.462 e. The molecule has 0 aromatic carbocycles. The van der Waals surface area contributed by atoms with Crippen molar-refractivity contribution in [1.82, 2.24) is 0 Å². The average Bonchev–Trinajstić information content (AvgIpc) is 3.41. The Kier molecular flexibility index (Phi) is 58.4. The standard InChI is InChI=1S/C69H112O6/c1-4-7-10-13-16-19-22-25-28-30-31-32-33-34-35-36-37-39-41-44-47-50-53-56-59-62-68(71)74-65-66(64-73-67(70)61-58-55-52-49-46-43-40-27-24-21-18-15-12-9-6-3)75-69(72)63-60-57-54-51-48-45-42-38-29-26-23-20-17-14-11-8-5-2/h8-9,11-12,17-18,20-22,25-27,29-31,40,42,45-46,49,51,54,66H,4-7,10,13-16,19,23-24,28,32-39,41,43-44,47-48,50,52-53,55-65H2,1-3H3/b11-8-,12-9-,20-17-,21-18-,25-22-,29-26-,31-30-,40-27-,45-42-,49-46-,54-51-. The van der Waals surface area contributed by atoms with E-state index in [4.69, 9.17) is 14.2 Å². The molecule has 0 aliphatic heterocycles. The van der Waals surface area contributed by atoms with Gasteiger partial charge < -0.3 is 14.2 Å². The van der Waals surface area contributed by atoms with Gasteiger partial charge in [0.05, 0.1) is 0 Å². The van der Waals surface area contributed by atoms with E-state index in [9.17, 15) is 14.4 Å². The van der Waals surface area contributed by atoms with E-state index in [2.05, 4.69) is 154 Å². The summed E-state index contributed by atoms with van der Waals surface area (Å²) >= 11 is 0. The lowest BCUT2D eigenvalue weighted by atomic mass is 10.0. The summed E-state index contributed by atoms with van der Waals surface area (Å²) < 4.78 is 16.8. The Labute approximate surface area is 462 Å². The summed E-state index contributed by atoms with van der Waals surface area (Å²) in [7, 11) is 0. The van der Waals surface area contributed by atoms with Crippen molar-refractivity contribution in [3.63, 3.8) is 0 Å². The summed E-state index contributed by atoms with van der Waals surface area (Å²) in [6, 6.07) is 0. The lowest BCUT2D eigenvalue weighted by Crippen LogP contribution is -2.30. The van der Waals surface area contributed by atoms with Crippen LogP contribution in [0.1, 0.15) is 265 Å². The quantitative estimate of drug-likeness (QED) is 0.0261. The van der Waals surface area contributed by atoms with Crippen LogP contribution in [0.2, 0.25) is 0 Å². The van der Waals surface area contributed by atoms with E-state index in [0.29, 0.717) is 19.3 Å². The van der Waals surface area contributed by atoms with Gasteiger partial charge in [-0.05, 0) is 128 Å². The molecule has 0 aromatic rings. The van der Waals surface area contributed by atoms with Gasteiger partial charge in [-0.25, -0.2) is 0 Å². The molecule has 1 atom stereocenters. The monoisotopic (exact) mass is 1040 g/mol. The predicted octanol–water partition coefficient (Wildman–Crippen LogP) is 21.0. The number of hydrogen-bond acceptors (Lipinski definition) is 6. The molecule has 0 aliphatic rings. The Bertz CT molecular complexity index is 1620. The van der Waals surface area contributed by atoms with Gasteiger partial charge in [-0.15, -0.1) is 0 Å². The highest BCUT2D eigenvalue weighted by atomic mass is 16.6. The molecule has 0 spiro atoms. The molecule has 0 rings (SSSR count). The molecule has 75 heavy (non-hydrogen) atoms. The lowest BCUT2D eigenvalue weighted by Gasteiger charge is -2.18. The minimum absolute atomic E-state index is 0.118. The van der Waals surface area contributed by atoms with Gasteiger partial charge in [-0.3, -0.25) is 14.4 Å². The average molecular weight is 1040 g/mol. The zero-order valence-electron chi connectivity index (χ0n) is 48.5. The number of hydrogen-bond donors (Lipinski definition) is 0. The third-order valence-electron chi connectivity index (χ3n) is 12.6. The smallest absolute Gasteiger partial charge is 0.306 e. The molecule has 0 amide bonds. The summed E-state index contributed by atoms with van der Waals surface area (Å²) in [4.78, 5) is 38.2. The molecule has 6 nitrogen and oxygen atoms in total. The fourth-order valence-corrected chi connectivity index (χ4v) is 8.09. The highest BCUT2D eigenvalue weighted by molar-refractivity contribution is 5.71. The van der Waals surface area contributed by atoms with Crippen LogP contribution < -0.4 is 0 Å². The van der Waals surface area contributed by atoms with Crippen molar-refractivity contribution in [3.05, 3.63) is 134 Å². The van der Waals surface area contributed by atoms with E-state index in [1.54, 1.807) is 0 Å². The molecule has 0 radical (unpaired) electrons. The summed E-state index contributed by atoms with van der Waals surface area (Å²) in [6.45, 7) is 6.32. The van der Waals surface area contributed by atoms with Crippen LogP contribution in [-0.4, -0.2) is 37.2 Å². The maximum atomic E-state index is 12.9. The second kappa shape index (κ2) is 62.1. The van der Waals surface area contributed by atoms with Crippen molar-refractivity contribution < 1.29 is 28.6 Å². The van der Waals surface area contributed by atoms with Gasteiger partial charge in [0.15, 0.2) is 6.10 Å². The molecule has 0 saturated carbocycles. The molecule has 0 aromatic heterocycles. The third kappa shape index (κ3) is 60.3. The van der Waals surface area contributed by atoms with Crippen LogP contribution >= 0.6 is 0 Å². The van der Waals surface area contributed by atoms with Crippen molar-refractivity contribution >= 4 is 17.9 Å². The van der Waals surface area contributed by atoms with Crippen molar-refractivity contribution in [1.29, 1.82) is 0 Å². The Morgan fingerprint density at radius 3 is 0.880 bits per heavy atom. The van der Waals surface area contributed by atoms with Crippen molar-refractivity contribution in [2.75, 3.05) is 13.2 Å². The Hall–Kier alpha value is -4.45. The SMILES string of the molecule is CC/C=C\C/C=C\C/C=C\C/C=C\C/C=C\CCCC(=O)OC(COC(=O)CCCC/C=C\C/C=C\C/C=C\C/C=C\CC)COC(=O)CCCCCCCCCCCCCCC/C=C\C/C=C\CCCCCCC. The van der Waals surface area contributed by atoms with Crippen LogP contribution in [0.25, 0.3) is 0 Å². The molecule has 0 heterocycles. The van der Waals surface area contributed by atoms with E-state index in [1.165, 1.54) is 109 Å². The van der Waals surface area contributed by atoms with Gasteiger partial charge in [-0.2, -0.15) is 0 Å². The van der Waals surface area contributed by atoms with Crippen LogP contribution in [0, 0.1) is 0 Å². The first-order valence-electron chi connectivity index (χ1n) is 30.7. The maximum Gasteiger partial charge on any atom is 0.306 e. The van der Waals surface area contributed by atoms with Crippen LogP contribution in [0.3, 0.4) is 0 Å². The molecule has 0 fully saturated rings. The van der Waals surface area contributed by atoms with Crippen molar-refractivity contribution in [3.8, 4) is 0 Å². The molecular weight excluding hydrogens is 925 g/mol.